The molecule has 0 saturated heterocycles. The Morgan fingerprint density at radius 3 is 2.29 bits per heavy atom. The zero-order chi connectivity index (χ0) is 24.4. The highest BCUT2D eigenvalue weighted by Gasteiger charge is 2.37. The first-order valence-electron chi connectivity index (χ1n) is 13.8. The fraction of sp³-hybridized carbons (Fsp3) is 0.733. The van der Waals surface area contributed by atoms with Crippen LogP contribution in [0.25, 0.3) is 0 Å². The number of ether oxygens (including phenoxy) is 1. The lowest BCUT2D eigenvalue weighted by atomic mass is 9.63. The van der Waals surface area contributed by atoms with E-state index >= 15 is 0 Å². The number of aliphatic hydroxyl groups excluding tert-OH is 2. The van der Waals surface area contributed by atoms with E-state index in [1.54, 1.807) is 5.57 Å². The van der Waals surface area contributed by atoms with Gasteiger partial charge < -0.3 is 20.1 Å². The summed E-state index contributed by atoms with van der Waals surface area (Å²) in [4.78, 5) is 0. The first-order chi connectivity index (χ1) is 16.4. The Balaban J connectivity index is 1.39. The second kappa shape index (κ2) is 13.2. The van der Waals surface area contributed by atoms with E-state index in [1.165, 1.54) is 44.1 Å². The summed E-state index contributed by atoms with van der Waals surface area (Å²) in [5.41, 5.74) is 2.52. The molecule has 34 heavy (non-hydrogen) atoms. The third kappa shape index (κ3) is 8.48. The number of aliphatic hydroxyl groups is 3. The Kier molecular flexibility index (Phi) is 10.6. The van der Waals surface area contributed by atoms with E-state index in [4.69, 9.17) is 4.74 Å². The molecule has 1 spiro atoms. The molecule has 0 bridgehead atoms. The normalized spacial score (nSPS) is 32.3. The van der Waals surface area contributed by atoms with Crippen LogP contribution in [0.5, 0.6) is 0 Å². The van der Waals surface area contributed by atoms with Gasteiger partial charge in [-0.25, -0.2) is 0 Å². The maximum atomic E-state index is 10.3. The highest BCUT2D eigenvalue weighted by Crippen LogP contribution is 2.49. The van der Waals surface area contributed by atoms with Gasteiger partial charge in [-0.15, -0.1) is 0 Å². The van der Waals surface area contributed by atoms with Crippen molar-refractivity contribution in [2.75, 3.05) is 6.61 Å². The van der Waals surface area contributed by atoms with Gasteiger partial charge in [-0.2, -0.15) is 0 Å². The molecule has 0 amide bonds. The summed E-state index contributed by atoms with van der Waals surface area (Å²) >= 11 is 0. The van der Waals surface area contributed by atoms with Gasteiger partial charge in [0.2, 0.25) is 0 Å². The summed E-state index contributed by atoms with van der Waals surface area (Å²) in [6, 6.07) is 0. The lowest BCUT2D eigenvalue weighted by molar-refractivity contribution is 0.00279. The van der Waals surface area contributed by atoms with E-state index in [-0.39, 0.29) is 0 Å². The Morgan fingerprint density at radius 2 is 1.62 bits per heavy atom. The highest BCUT2D eigenvalue weighted by atomic mass is 16.5. The summed E-state index contributed by atoms with van der Waals surface area (Å²) in [5.74, 6) is 0. The van der Waals surface area contributed by atoms with E-state index in [0.717, 1.165) is 32.1 Å². The molecule has 0 heterocycles. The van der Waals surface area contributed by atoms with E-state index in [9.17, 15) is 15.3 Å². The van der Waals surface area contributed by atoms with Crippen molar-refractivity contribution in [1.29, 1.82) is 0 Å². The summed E-state index contributed by atoms with van der Waals surface area (Å²) in [6.45, 7) is 4.71. The minimum Gasteiger partial charge on any atom is -0.393 e. The zero-order valence-corrected chi connectivity index (χ0v) is 21.6. The first-order valence-corrected chi connectivity index (χ1v) is 13.8. The Labute approximate surface area is 207 Å². The molecule has 2 atom stereocenters. The standard InChI is InChI=1S/C30H48O4/c1-3-30(33,4-2)16-7-5-6-8-19-34-28-13-17-29(18-14-28)15-9-10-24(23-29)11-12-25-20-26(31)22-27(32)21-25/h6-8,11-12,16,26-28,31-33H,3-5,9-10,13-15,17-23H2,1-2H3/b8-6+,16-7+,24-11+/t26-,27-,28?,29?/m0/s1. The predicted octanol–water partition coefficient (Wildman–Crippen LogP) is 6.32. The molecule has 3 rings (SSSR count). The topological polar surface area (TPSA) is 69.9 Å². The van der Waals surface area contributed by atoms with Crippen molar-refractivity contribution in [3.8, 4) is 0 Å². The lowest BCUT2D eigenvalue weighted by Crippen LogP contribution is -2.33. The molecule has 3 saturated carbocycles. The Morgan fingerprint density at radius 1 is 0.941 bits per heavy atom. The van der Waals surface area contributed by atoms with Crippen LogP contribution < -0.4 is 0 Å². The molecule has 0 unspecified atom stereocenters. The molecular weight excluding hydrogens is 424 g/mol. The van der Waals surface area contributed by atoms with E-state index in [1.807, 2.05) is 19.9 Å². The van der Waals surface area contributed by atoms with Crippen LogP contribution in [0.1, 0.15) is 104 Å². The molecular formula is C30H48O4. The minimum atomic E-state index is -0.658. The lowest BCUT2D eigenvalue weighted by Gasteiger charge is -2.43. The van der Waals surface area contributed by atoms with Crippen molar-refractivity contribution in [3.63, 3.8) is 0 Å². The summed E-state index contributed by atoms with van der Waals surface area (Å²) in [7, 11) is 0. The summed E-state index contributed by atoms with van der Waals surface area (Å²) in [6.07, 6.45) is 26.3. The van der Waals surface area contributed by atoms with Crippen molar-refractivity contribution >= 4 is 0 Å². The molecule has 0 aromatic carbocycles. The summed E-state index contributed by atoms with van der Waals surface area (Å²) in [5, 5.41) is 30.1. The molecule has 3 N–H and O–H groups in total. The van der Waals surface area contributed by atoms with Crippen LogP contribution in [0.4, 0.5) is 0 Å². The Hall–Kier alpha value is -1.20. The minimum absolute atomic E-state index is 0.373. The third-order valence-electron chi connectivity index (χ3n) is 8.41. The monoisotopic (exact) mass is 472 g/mol. The van der Waals surface area contributed by atoms with Gasteiger partial charge in [0.25, 0.3) is 0 Å². The third-order valence-corrected chi connectivity index (χ3v) is 8.41. The second-order valence-corrected chi connectivity index (χ2v) is 11.1. The van der Waals surface area contributed by atoms with Crippen molar-refractivity contribution in [2.45, 2.75) is 128 Å². The maximum absolute atomic E-state index is 10.3. The van der Waals surface area contributed by atoms with Gasteiger partial charge in [0.15, 0.2) is 0 Å². The van der Waals surface area contributed by atoms with Gasteiger partial charge in [-0.05, 0) is 95.3 Å². The maximum Gasteiger partial charge on any atom is 0.0822 e. The SMILES string of the molecule is CCC(O)(/C=C/C/C=C/COC1CCC2(CCC/C(=C\C=C3C[C@H](O)C[C@@H](O)C3)C2)CC1)CC. The fourth-order valence-corrected chi connectivity index (χ4v) is 6.04. The molecule has 3 fully saturated rings. The zero-order valence-electron chi connectivity index (χ0n) is 21.6. The highest BCUT2D eigenvalue weighted by molar-refractivity contribution is 5.22. The smallest absolute Gasteiger partial charge is 0.0822 e. The van der Waals surface area contributed by atoms with Gasteiger partial charge in [0, 0.05) is 0 Å². The van der Waals surface area contributed by atoms with Crippen LogP contribution in [0, 0.1) is 5.41 Å². The van der Waals surface area contributed by atoms with Crippen molar-refractivity contribution in [1.82, 2.24) is 0 Å². The fourth-order valence-electron chi connectivity index (χ4n) is 6.04. The van der Waals surface area contributed by atoms with Crippen LogP contribution in [-0.2, 0) is 4.74 Å². The van der Waals surface area contributed by atoms with Crippen molar-refractivity contribution in [3.05, 3.63) is 47.6 Å². The van der Waals surface area contributed by atoms with E-state index in [2.05, 4.69) is 30.4 Å². The number of hydrogen-bond donors (Lipinski definition) is 3. The molecule has 4 heteroatoms. The molecule has 0 aliphatic heterocycles. The van der Waals surface area contributed by atoms with Crippen LogP contribution in [0.2, 0.25) is 0 Å². The molecule has 0 aromatic heterocycles. The molecule has 0 radical (unpaired) electrons. The molecule has 4 nitrogen and oxygen atoms in total. The number of rotatable bonds is 9. The van der Waals surface area contributed by atoms with Crippen LogP contribution in [0.3, 0.4) is 0 Å². The van der Waals surface area contributed by atoms with Gasteiger partial charge in [0.1, 0.15) is 0 Å². The average Bonchev–Trinajstić information content (AvgIpc) is 2.83. The molecule has 192 valence electrons. The quantitative estimate of drug-likeness (QED) is 0.344. The second-order valence-electron chi connectivity index (χ2n) is 11.1. The van der Waals surface area contributed by atoms with E-state index in [0.29, 0.717) is 37.4 Å². The van der Waals surface area contributed by atoms with Gasteiger partial charge in [-0.1, -0.05) is 61.4 Å². The summed E-state index contributed by atoms with van der Waals surface area (Å²) < 4.78 is 6.15. The van der Waals surface area contributed by atoms with Crippen LogP contribution >= 0.6 is 0 Å². The van der Waals surface area contributed by atoms with Gasteiger partial charge in [0.05, 0.1) is 30.5 Å². The van der Waals surface area contributed by atoms with Gasteiger partial charge in [-0.3, -0.25) is 0 Å². The molecule has 3 aliphatic rings. The van der Waals surface area contributed by atoms with Crippen LogP contribution in [-0.4, -0.2) is 45.8 Å². The average molecular weight is 473 g/mol. The largest absolute Gasteiger partial charge is 0.393 e. The van der Waals surface area contributed by atoms with Crippen molar-refractivity contribution < 1.29 is 20.1 Å². The molecule has 3 aliphatic carbocycles. The predicted molar refractivity (Wildman–Crippen MR) is 140 cm³/mol. The van der Waals surface area contributed by atoms with Crippen LogP contribution in [0.15, 0.2) is 47.6 Å². The van der Waals surface area contributed by atoms with E-state index < -0.39 is 17.8 Å². The number of hydrogen-bond acceptors (Lipinski definition) is 4. The van der Waals surface area contributed by atoms with Gasteiger partial charge >= 0.3 is 0 Å². The number of allylic oxidation sites excluding steroid dienone is 5. The molecule has 0 aromatic rings. The van der Waals surface area contributed by atoms with Crippen molar-refractivity contribution in [2.24, 2.45) is 5.41 Å². The first kappa shape index (κ1) is 27.4. The Bertz CT molecular complexity index is 723.